The number of hydrogen-bond donors (Lipinski definition) is 2. The van der Waals surface area contributed by atoms with Gasteiger partial charge in [-0.15, -0.1) is 0 Å². The van der Waals surface area contributed by atoms with E-state index in [4.69, 9.17) is 27.9 Å². The van der Waals surface area contributed by atoms with Crippen LogP contribution in [0.15, 0.2) is 42.7 Å². The lowest BCUT2D eigenvalue weighted by atomic mass is 10.2. The fraction of sp³-hybridized carbons (Fsp3) is 0.211. The Hall–Kier alpha value is -2.64. The third kappa shape index (κ3) is 6.51. The molecule has 0 aliphatic rings. The van der Waals surface area contributed by atoms with Gasteiger partial charge in [0.15, 0.2) is 6.61 Å². The van der Waals surface area contributed by atoms with Gasteiger partial charge in [-0.05, 0) is 30.7 Å². The number of ether oxygens (including phenoxy) is 1. The number of nitrogens with zero attached hydrogens (tertiary/aromatic N) is 1. The molecule has 0 spiro atoms. The van der Waals surface area contributed by atoms with Gasteiger partial charge in [-0.2, -0.15) is 0 Å². The number of carbonyl (C=O) groups is 2. The zero-order valence-electron chi connectivity index (χ0n) is 15.0. The molecule has 2 rings (SSSR count). The number of hydrogen-bond acceptors (Lipinski definition) is 4. The van der Waals surface area contributed by atoms with Gasteiger partial charge in [0.25, 0.3) is 11.8 Å². The molecule has 9 heteroatoms. The van der Waals surface area contributed by atoms with E-state index in [0.29, 0.717) is 17.1 Å². The zero-order chi connectivity index (χ0) is 20.7. The van der Waals surface area contributed by atoms with Gasteiger partial charge in [0, 0.05) is 30.9 Å². The third-order valence-electron chi connectivity index (χ3n) is 3.58. The minimum absolute atomic E-state index is 0.0266. The van der Waals surface area contributed by atoms with E-state index in [9.17, 15) is 14.0 Å². The average Bonchev–Trinajstić information content (AvgIpc) is 2.64. The molecule has 148 valence electrons. The highest BCUT2D eigenvalue weighted by Gasteiger charge is 2.10. The van der Waals surface area contributed by atoms with Gasteiger partial charge in [-0.1, -0.05) is 29.8 Å². The summed E-state index contributed by atoms with van der Waals surface area (Å²) in [5.41, 5.74) is 1.37. The van der Waals surface area contributed by atoms with Crippen LogP contribution in [0.4, 0.5) is 4.39 Å². The number of nitrogens with one attached hydrogen (secondary N) is 2. The lowest BCUT2D eigenvalue weighted by Crippen LogP contribution is -2.31. The molecule has 0 radical (unpaired) electrons. The molecule has 2 N–H and O–H groups in total. The molecule has 0 aliphatic heterocycles. The van der Waals surface area contributed by atoms with Crippen molar-refractivity contribution in [2.75, 3.05) is 13.2 Å². The van der Waals surface area contributed by atoms with Crippen LogP contribution in [-0.4, -0.2) is 29.9 Å². The maximum absolute atomic E-state index is 13.3. The topological polar surface area (TPSA) is 80.3 Å². The molecule has 0 bridgehead atoms. The molecule has 0 saturated carbocycles. The smallest absolute Gasteiger partial charge is 0.273 e. The van der Waals surface area contributed by atoms with Crippen molar-refractivity contribution in [2.45, 2.75) is 13.3 Å². The first-order chi connectivity index (χ1) is 13.3. The van der Waals surface area contributed by atoms with Crippen molar-refractivity contribution >= 4 is 35.0 Å². The molecule has 0 aliphatic carbocycles. The first-order valence-electron chi connectivity index (χ1n) is 8.22. The Kier molecular flexibility index (Phi) is 7.78. The molecule has 1 aromatic carbocycles. The first-order valence-corrected chi connectivity index (χ1v) is 8.97. The lowest BCUT2D eigenvalue weighted by Gasteiger charge is -2.10. The Balaban J connectivity index is 1.70. The zero-order valence-corrected chi connectivity index (χ0v) is 16.5. The van der Waals surface area contributed by atoms with Crippen LogP contribution in [0.5, 0.6) is 5.75 Å². The number of carbonyl (C=O) groups excluding carboxylic acids is 2. The van der Waals surface area contributed by atoms with E-state index >= 15 is 0 Å². The average molecular weight is 426 g/mol. The molecule has 0 unspecified atom stereocenters. The maximum Gasteiger partial charge on any atom is 0.273 e. The molecule has 1 heterocycles. The van der Waals surface area contributed by atoms with Gasteiger partial charge in [0.05, 0.1) is 10.0 Å². The quantitative estimate of drug-likeness (QED) is 0.675. The molecule has 28 heavy (non-hydrogen) atoms. The van der Waals surface area contributed by atoms with E-state index < -0.39 is 17.6 Å². The van der Waals surface area contributed by atoms with Crippen molar-refractivity contribution < 1.29 is 18.7 Å². The molecular formula is C19H18Cl2FN3O3. The number of aryl methyl sites for hydroxylation is 1. The Morgan fingerprint density at radius 1 is 1.25 bits per heavy atom. The first kappa shape index (κ1) is 21.7. The van der Waals surface area contributed by atoms with Crippen LogP contribution >= 0.6 is 23.2 Å². The van der Waals surface area contributed by atoms with Gasteiger partial charge >= 0.3 is 0 Å². The summed E-state index contributed by atoms with van der Waals surface area (Å²) >= 11 is 11.5. The van der Waals surface area contributed by atoms with Crippen molar-refractivity contribution in [3.63, 3.8) is 0 Å². The Bertz CT molecular complexity index is 906. The molecule has 0 fully saturated rings. The summed E-state index contributed by atoms with van der Waals surface area (Å²) in [5.74, 6) is -1.25. The molecule has 2 aromatic rings. The summed E-state index contributed by atoms with van der Waals surface area (Å²) in [5, 5.41) is 5.67. The van der Waals surface area contributed by atoms with E-state index in [0.717, 1.165) is 11.6 Å². The fourth-order valence-corrected chi connectivity index (χ4v) is 2.29. The minimum Gasteiger partial charge on any atom is -0.484 e. The second-order valence-electron chi connectivity index (χ2n) is 5.84. The van der Waals surface area contributed by atoms with E-state index in [1.54, 1.807) is 13.0 Å². The second-order valence-corrected chi connectivity index (χ2v) is 6.66. The van der Waals surface area contributed by atoms with Crippen molar-refractivity contribution in [1.82, 2.24) is 15.6 Å². The molecule has 0 atom stereocenters. The summed E-state index contributed by atoms with van der Waals surface area (Å²) in [6.07, 6.45) is 1.72. The highest BCUT2D eigenvalue weighted by Crippen LogP contribution is 2.20. The van der Waals surface area contributed by atoms with Crippen LogP contribution in [0.1, 0.15) is 22.5 Å². The van der Waals surface area contributed by atoms with E-state index in [-0.39, 0.29) is 29.6 Å². The van der Waals surface area contributed by atoms with Gasteiger partial charge in [-0.3, -0.25) is 9.59 Å². The summed E-state index contributed by atoms with van der Waals surface area (Å²) in [6, 6.07) is 5.47. The largest absolute Gasteiger partial charge is 0.484 e. The standard InChI is InChI=1S/C19H18Cl2FN3O3/c1-11-7-17(24-9-15(11)21)19(27)25-12(2)5-6-23-18(26)10-28-13-3-4-14(20)16(22)8-13/h3-4,7-9H,2,5-6,10H2,1H3,(H,23,26)(H,25,27). The molecule has 1 aromatic heterocycles. The third-order valence-corrected chi connectivity index (χ3v) is 4.28. The summed E-state index contributed by atoms with van der Waals surface area (Å²) < 4.78 is 18.5. The van der Waals surface area contributed by atoms with Crippen molar-refractivity contribution in [1.29, 1.82) is 0 Å². The maximum atomic E-state index is 13.3. The molecule has 2 amide bonds. The highest BCUT2D eigenvalue weighted by atomic mass is 35.5. The van der Waals surface area contributed by atoms with Gasteiger partial charge in [-0.25, -0.2) is 9.37 Å². The van der Waals surface area contributed by atoms with Crippen LogP contribution in [-0.2, 0) is 4.79 Å². The number of rotatable bonds is 8. The van der Waals surface area contributed by atoms with Gasteiger partial charge in [0.2, 0.25) is 0 Å². The van der Waals surface area contributed by atoms with Gasteiger partial charge < -0.3 is 15.4 Å². The van der Waals surface area contributed by atoms with E-state index in [1.807, 2.05) is 0 Å². The van der Waals surface area contributed by atoms with E-state index in [1.165, 1.54) is 18.3 Å². The number of amides is 2. The minimum atomic E-state index is -0.628. The van der Waals surface area contributed by atoms with E-state index in [2.05, 4.69) is 22.2 Å². The normalized spacial score (nSPS) is 10.3. The lowest BCUT2D eigenvalue weighted by molar-refractivity contribution is -0.123. The van der Waals surface area contributed by atoms with Gasteiger partial charge in [0.1, 0.15) is 17.3 Å². The monoisotopic (exact) mass is 425 g/mol. The predicted molar refractivity (Wildman–Crippen MR) is 105 cm³/mol. The summed E-state index contributed by atoms with van der Waals surface area (Å²) in [4.78, 5) is 27.8. The van der Waals surface area contributed by atoms with Crippen molar-refractivity contribution in [3.05, 3.63) is 69.9 Å². The SMILES string of the molecule is C=C(CCNC(=O)COc1ccc(Cl)c(F)c1)NC(=O)c1cc(C)c(Cl)cn1. The highest BCUT2D eigenvalue weighted by molar-refractivity contribution is 6.31. The predicted octanol–water partition coefficient (Wildman–Crippen LogP) is 3.66. The van der Waals surface area contributed by atoms with Crippen LogP contribution < -0.4 is 15.4 Å². The summed E-state index contributed by atoms with van der Waals surface area (Å²) in [6.45, 7) is 5.47. The van der Waals surface area contributed by atoms with Crippen LogP contribution in [0.25, 0.3) is 0 Å². The van der Waals surface area contributed by atoms with Crippen LogP contribution in [0, 0.1) is 12.7 Å². The Morgan fingerprint density at radius 2 is 2.00 bits per heavy atom. The number of benzene rings is 1. The van der Waals surface area contributed by atoms with Crippen LogP contribution in [0.3, 0.4) is 0 Å². The number of halogens is 3. The van der Waals surface area contributed by atoms with Crippen LogP contribution in [0.2, 0.25) is 10.0 Å². The fourth-order valence-electron chi connectivity index (χ4n) is 2.07. The second kappa shape index (κ2) is 10.1. The molecule has 6 nitrogen and oxygen atoms in total. The summed E-state index contributed by atoms with van der Waals surface area (Å²) in [7, 11) is 0. The van der Waals surface area contributed by atoms with Crippen molar-refractivity contribution in [2.24, 2.45) is 0 Å². The number of pyridine rings is 1. The Morgan fingerprint density at radius 3 is 2.68 bits per heavy atom. The van der Waals surface area contributed by atoms with Crippen molar-refractivity contribution in [3.8, 4) is 5.75 Å². The Labute approximate surface area is 171 Å². The molecular weight excluding hydrogens is 408 g/mol. The molecule has 0 saturated heterocycles. The number of aromatic nitrogens is 1.